The maximum atomic E-state index is 4.61. The molecule has 1 saturated heterocycles. The minimum absolute atomic E-state index is 0.655. The number of piperidine rings is 1. The molecule has 2 aliphatic rings. The van der Waals surface area contributed by atoms with Crippen LogP contribution in [0.3, 0.4) is 0 Å². The molecule has 1 aliphatic carbocycles. The van der Waals surface area contributed by atoms with Crippen LogP contribution in [0, 0.1) is 12.3 Å². The highest BCUT2D eigenvalue weighted by Crippen LogP contribution is 2.44. The lowest BCUT2D eigenvalue weighted by Crippen LogP contribution is -2.41. The van der Waals surface area contributed by atoms with E-state index in [-0.39, 0.29) is 0 Å². The standard InChI is InChI=1S/C16H26N4/c1-13-12-14(19-15(17-2)18-13)20-10-8-16(9-11-20)6-4-3-5-7-16/h12H,3-11H2,1-2H3,(H,17,18,19). The van der Waals surface area contributed by atoms with Gasteiger partial charge in [0.1, 0.15) is 5.82 Å². The summed E-state index contributed by atoms with van der Waals surface area (Å²) in [6, 6.07) is 2.11. The first-order valence-corrected chi connectivity index (χ1v) is 7.99. The molecule has 1 aromatic rings. The van der Waals surface area contributed by atoms with Gasteiger partial charge in [0, 0.05) is 31.9 Å². The third-order valence-corrected chi connectivity index (χ3v) is 5.13. The predicted octanol–water partition coefficient (Wildman–Crippen LogP) is 3.38. The molecule has 0 amide bonds. The van der Waals surface area contributed by atoms with E-state index in [4.69, 9.17) is 0 Å². The van der Waals surface area contributed by atoms with Crippen LogP contribution in [-0.2, 0) is 0 Å². The molecular weight excluding hydrogens is 248 g/mol. The molecule has 1 saturated carbocycles. The summed E-state index contributed by atoms with van der Waals surface area (Å²) in [5, 5.41) is 3.06. The third-order valence-electron chi connectivity index (χ3n) is 5.13. The first kappa shape index (κ1) is 13.7. The smallest absolute Gasteiger partial charge is 0.224 e. The first-order valence-electron chi connectivity index (χ1n) is 7.99. The van der Waals surface area contributed by atoms with Crippen LogP contribution in [0.25, 0.3) is 0 Å². The summed E-state index contributed by atoms with van der Waals surface area (Å²) in [5.74, 6) is 1.82. The molecule has 2 heterocycles. The fraction of sp³-hybridized carbons (Fsp3) is 0.750. The summed E-state index contributed by atoms with van der Waals surface area (Å²) in [4.78, 5) is 11.4. The molecule has 1 aromatic heterocycles. The Labute approximate surface area is 122 Å². The molecule has 0 unspecified atom stereocenters. The number of hydrogen-bond donors (Lipinski definition) is 1. The van der Waals surface area contributed by atoms with Gasteiger partial charge in [-0.05, 0) is 38.0 Å². The average molecular weight is 274 g/mol. The Balaban J connectivity index is 1.70. The average Bonchev–Trinajstić information content (AvgIpc) is 2.48. The summed E-state index contributed by atoms with van der Waals surface area (Å²) >= 11 is 0. The van der Waals surface area contributed by atoms with Gasteiger partial charge in [0.2, 0.25) is 5.95 Å². The number of anilines is 2. The van der Waals surface area contributed by atoms with E-state index in [1.165, 1.54) is 44.9 Å². The van der Waals surface area contributed by atoms with Crippen LogP contribution in [0.1, 0.15) is 50.6 Å². The van der Waals surface area contributed by atoms with Gasteiger partial charge in [0.25, 0.3) is 0 Å². The van der Waals surface area contributed by atoms with Crippen LogP contribution in [0.2, 0.25) is 0 Å². The number of aromatic nitrogens is 2. The van der Waals surface area contributed by atoms with Crippen molar-refractivity contribution < 1.29 is 0 Å². The van der Waals surface area contributed by atoms with Gasteiger partial charge in [-0.15, -0.1) is 0 Å². The summed E-state index contributed by atoms with van der Waals surface area (Å²) in [6.07, 6.45) is 9.90. The fourth-order valence-electron chi connectivity index (χ4n) is 3.84. The molecule has 1 aliphatic heterocycles. The lowest BCUT2D eigenvalue weighted by molar-refractivity contribution is 0.144. The molecule has 0 radical (unpaired) electrons. The van der Waals surface area contributed by atoms with Crippen molar-refractivity contribution >= 4 is 11.8 Å². The number of aryl methyl sites for hydroxylation is 1. The van der Waals surface area contributed by atoms with Gasteiger partial charge >= 0.3 is 0 Å². The van der Waals surface area contributed by atoms with Crippen LogP contribution in [0.4, 0.5) is 11.8 Å². The van der Waals surface area contributed by atoms with Gasteiger partial charge in [-0.1, -0.05) is 19.3 Å². The molecule has 20 heavy (non-hydrogen) atoms. The molecule has 110 valence electrons. The van der Waals surface area contributed by atoms with Crippen molar-refractivity contribution in [2.45, 2.75) is 51.9 Å². The van der Waals surface area contributed by atoms with Gasteiger partial charge in [-0.3, -0.25) is 0 Å². The number of nitrogens with one attached hydrogen (secondary N) is 1. The lowest BCUT2D eigenvalue weighted by atomic mass is 9.68. The van der Waals surface area contributed by atoms with Crippen LogP contribution in [-0.4, -0.2) is 30.1 Å². The Hall–Kier alpha value is -1.32. The molecule has 1 N–H and O–H groups in total. The third kappa shape index (κ3) is 2.74. The molecule has 4 heteroatoms. The van der Waals surface area contributed by atoms with Crippen LogP contribution >= 0.6 is 0 Å². The van der Waals surface area contributed by atoms with E-state index in [2.05, 4.69) is 26.3 Å². The van der Waals surface area contributed by atoms with E-state index >= 15 is 0 Å². The quantitative estimate of drug-likeness (QED) is 0.897. The summed E-state index contributed by atoms with van der Waals surface area (Å²) in [7, 11) is 1.88. The SMILES string of the molecule is CNc1nc(C)cc(N2CCC3(CCCCC3)CC2)n1. The predicted molar refractivity (Wildman–Crippen MR) is 83.3 cm³/mol. The zero-order chi connectivity index (χ0) is 14.0. The zero-order valence-corrected chi connectivity index (χ0v) is 12.8. The van der Waals surface area contributed by atoms with Crippen molar-refractivity contribution in [3.63, 3.8) is 0 Å². The first-order chi connectivity index (χ1) is 9.71. The van der Waals surface area contributed by atoms with E-state index in [0.717, 1.165) is 30.5 Å². The number of nitrogens with zero attached hydrogens (tertiary/aromatic N) is 3. The zero-order valence-electron chi connectivity index (χ0n) is 12.8. The van der Waals surface area contributed by atoms with Crippen molar-refractivity contribution in [3.8, 4) is 0 Å². The van der Waals surface area contributed by atoms with Gasteiger partial charge < -0.3 is 10.2 Å². The Morgan fingerprint density at radius 1 is 1.05 bits per heavy atom. The molecule has 0 aromatic carbocycles. The van der Waals surface area contributed by atoms with Crippen molar-refractivity contribution in [1.29, 1.82) is 0 Å². The molecule has 3 rings (SSSR count). The Kier molecular flexibility index (Phi) is 3.81. The molecular formula is C16H26N4. The van der Waals surface area contributed by atoms with Gasteiger partial charge in [0.05, 0.1) is 0 Å². The second-order valence-corrected chi connectivity index (χ2v) is 6.49. The largest absolute Gasteiger partial charge is 0.357 e. The Morgan fingerprint density at radius 3 is 2.40 bits per heavy atom. The van der Waals surface area contributed by atoms with Gasteiger partial charge in [0.15, 0.2) is 0 Å². The normalized spacial score (nSPS) is 22.0. The van der Waals surface area contributed by atoms with Crippen LogP contribution in [0.15, 0.2) is 6.07 Å². The highest BCUT2D eigenvalue weighted by molar-refractivity contribution is 5.45. The number of rotatable bonds is 2. The van der Waals surface area contributed by atoms with E-state index < -0.39 is 0 Å². The Morgan fingerprint density at radius 2 is 1.75 bits per heavy atom. The summed E-state index contributed by atoms with van der Waals surface area (Å²) in [5.41, 5.74) is 1.69. The highest BCUT2D eigenvalue weighted by atomic mass is 15.2. The van der Waals surface area contributed by atoms with Crippen LogP contribution < -0.4 is 10.2 Å². The van der Waals surface area contributed by atoms with Crippen molar-refractivity contribution in [2.24, 2.45) is 5.41 Å². The van der Waals surface area contributed by atoms with Crippen molar-refractivity contribution in [3.05, 3.63) is 11.8 Å². The summed E-state index contributed by atoms with van der Waals surface area (Å²) in [6.45, 7) is 4.35. The minimum atomic E-state index is 0.655. The second kappa shape index (κ2) is 5.58. The van der Waals surface area contributed by atoms with Crippen LogP contribution in [0.5, 0.6) is 0 Å². The molecule has 0 atom stereocenters. The fourth-order valence-corrected chi connectivity index (χ4v) is 3.84. The Bertz CT molecular complexity index is 456. The van der Waals surface area contributed by atoms with Crippen molar-refractivity contribution in [2.75, 3.05) is 30.4 Å². The lowest BCUT2D eigenvalue weighted by Gasteiger charge is -2.44. The van der Waals surface area contributed by atoms with Gasteiger partial charge in [-0.2, -0.15) is 4.98 Å². The second-order valence-electron chi connectivity index (χ2n) is 6.49. The summed E-state index contributed by atoms with van der Waals surface area (Å²) < 4.78 is 0. The molecule has 4 nitrogen and oxygen atoms in total. The van der Waals surface area contributed by atoms with E-state index in [0.29, 0.717) is 5.41 Å². The van der Waals surface area contributed by atoms with E-state index in [9.17, 15) is 0 Å². The van der Waals surface area contributed by atoms with E-state index in [1.54, 1.807) is 0 Å². The number of hydrogen-bond acceptors (Lipinski definition) is 4. The van der Waals surface area contributed by atoms with Gasteiger partial charge in [-0.25, -0.2) is 4.98 Å². The molecule has 0 bridgehead atoms. The van der Waals surface area contributed by atoms with Crippen molar-refractivity contribution in [1.82, 2.24) is 9.97 Å². The maximum absolute atomic E-state index is 4.61. The van der Waals surface area contributed by atoms with E-state index in [1.807, 2.05) is 14.0 Å². The molecule has 2 fully saturated rings. The maximum Gasteiger partial charge on any atom is 0.224 e. The topological polar surface area (TPSA) is 41.1 Å². The molecule has 1 spiro atoms. The highest BCUT2D eigenvalue weighted by Gasteiger charge is 2.35. The minimum Gasteiger partial charge on any atom is -0.357 e. The monoisotopic (exact) mass is 274 g/mol.